The van der Waals surface area contributed by atoms with E-state index in [1.807, 2.05) is 13.0 Å². The number of piperidine rings is 1. The lowest BCUT2D eigenvalue weighted by molar-refractivity contribution is -0.124. The molecule has 0 aromatic heterocycles. The summed E-state index contributed by atoms with van der Waals surface area (Å²) in [6.45, 7) is 2.84. The van der Waals surface area contributed by atoms with Crippen LogP contribution >= 0.6 is 0 Å². The number of hydrogen-bond acceptors (Lipinski definition) is 3. The zero-order valence-electron chi connectivity index (χ0n) is 10.6. The summed E-state index contributed by atoms with van der Waals surface area (Å²) in [5, 5.41) is 15.6. The number of rotatable bonds is 3. The topological polar surface area (TPSA) is 61.4 Å². The van der Waals surface area contributed by atoms with E-state index in [1.54, 1.807) is 18.2 Å². The van der Waals surface area contributed by atoms with Crippen molar-refractivity contribution in [2.45, 2.75) is 38.3 Å². The minimum atomic E-state index is -0.0895. The van der Waals surface area contributed by atoms with E-state index in [-0.39, 0.29) is 23.7 Å². The summed E-state index contributed by atoms with van der Waals surface area (Å²) in [6, 6.07) is 6.83. The minimum absolute atomic E-state index is 0.0468. The Balaban J connectivity index is 1.94. The van der Waals surface area contributed by atoms with Crippen LogP contribution in [0.25, 0.3) is 0 Å². The molecule has 1 aliphatic heterocycles. The van der Waals surface area contributed by atoms with Crippen LogP contribution in [0.3, 0.4) is 0 Å². The molecule has 1 fully saturated rings. The molecule has 4 heteroatoms. The first-order chi connectivity index (χ1) is 8.66. The molecule has 0 bridgehead atoms. The average molecular weight is 248 g/mol. The Morgan fingerprint density at radius 2 is 2.33 bits per heavy atom. The van der Waals surface area contributed by atoms with Crippen LogP contribution in [0.2, 0.25) is 0 Å². The van der Waals surface area contributed by atoms with Crippen molar-refractivity contribution in [2.75, 3.05) is 6.54 Å². The number of aromatic hydroxyl groups is 1. The van der Waals surface area contributed by atoms with Gasteiger partial charge < -0.3 is 15.7 Å². The minimum Gasteiger partial charge on any atom is -0.508 e. The Labute approximate surface area is 107 Å². The third-order valence-corrected chi connectivity index (χ3v) is 3.36. The number of amides is 1. The predicted molar refractivity (Wildman–Crippen MR) is 70.3 cm³/mol. The van der Waals surface area contributed by atoms with E-state index in [1.165, 1.54) is 0 Å². The van der Waals surface area contributed by atoms with Crippen LogP contribution in [0.5, 0.6) is 5.75 Å². The molecule has 1 aliphatic rings. The molecule has 1 amide bonds. The molecule has 2 rings (SSSR count). The van der Waals surface area contributed by atoms with Crippen LogP contribution < -0.4 is 10.6 Å². The molecule has 0 spiro atoms. The second-order valence-corrected chi connectivity index (χ2v) is 4.83. The number of phenols is 1. The lowest BCUT2D eigenvalue weighted by atomic mass is 10.0. The number of carbonyl (C=O) groups is 1. The molecule has 0 saturated carbocycles. The fourth-order valence-electron chi connectivity index (χ4n) is 2.27. The van der Waals surface area contributed by atoms with Gasteiger partial charge in [-0.25, -0.2) is 0 Å². The number of benzene rings is 1. The zero-order chi connectivity index (χ0) is 13.0. The molecule has 0 radical (unpaired) electrons. The Kier molecular flexibility index (Phi) is 4.20. The van der Waals surface area contributed by atoms with E-state index in [0.29, 0.717) is 0 Å². The third kappa shape index (κ3) is 3.23. The van der Waals surface area contributed by atoms with E-state index >= 15 is 0 Å². The quantitative estimate of drug-likeness (QED) is 0.763. The summed E-state index contributed by atoms with van der Waals surface area (Å²) in [4.78, 5) is 12.0. The van der Waals surface area contributed by atoms with Crippen molar-refractivity contribution >= 4 is 5.91 Å². The number of hydrogen-bond donors (Lipinski definition) is 3. The van der Waals surface area contributed by atoms with Crippen LogP contribution in [0.4, 0.5) is 0 Å². The van der Waals surface area contributed by atoms with Crippen LogP contribution in [-0.2, 0) is 4.79 Å². The van der Waals surface area contributed by atoms with Gasteiger partial charge in [-0.15, -0.1) is 0 Å². The Bertz CT molecular complexity index is 414. The molecule has 1 saturated heterocycles. The highest BCUT2D eigenvalue weighted by Gasteiger charge is 2.21. The molecule has 1 aromatic carbocycles. The molecular formula is C14H20N2O2. The molecule has 1 aromatic rings. The standard InChI is InChI=1S/C14H20N2O2/c1-10(11-5-4-6-12(17)9-11)16-14(18)13-7-2-3-8-15-13/h4-6,9-10,13,15,17H,2-3,7-8H2,1H3,(H,16,18)/t10?,13-/m1/s1. The summed E-state index contributed by atoms with van der Waals surface area (Å²) in [6.07, 6.45) is 3.15. The van der Waals surface area contributed by atoms with Gasteiger partial charge in [-0.2, -0.15) is 0 Å². The van der Waals surface area contributed by atoms with Gasteiger partial charge in [-0.1, -0.05) is 18.6 Å². The molecule has 1 heterocycles. The van der Waals surface area contributed by atoms with Crippen molar-refractivity contribution < 1.29 is 9.90 Å². The van der Waals surface area contributed by atoms with Crippen LogP contribution in [0, 0.1) is 0 Å². The van der Waals surface area contributed by atoms with Crippen molar-refractivity contribution in [3.63, 3.8) is 0 Å². The summed E-state index contributed by atoms with van der Waals surface area (Å²) in [5.41, 5.74) is 0.916. The SMILES string of the molecule is CC(NC(=O)[C@H]1CCCCN1)c1cccc(O)c1. The maximum absolute atomic E-state index is 12.0. The highest BCUT2D eigenvalue weighted by molar-refractivity contribution is 5.82. The lowest BCUT2D eigenvalue weighted by Crippen LogP contribution is -2.47. The first-order valence-corrected chi connectivity index (χ1v) is 6.49. The molecular weight excluding hydrogens is 228 g/mol. The van der Waals surface area contributed by atoms with Gasteiger partial charge in [-0.05, 0) is 44.0 Å². The van der Waals surface area contributed by atoms with Gasteiger partial charge in [0.1, 0.15) is 5.75 Å². The maximum Gasteiger partial charge on any atom is 0.237 e. The first kappa shape index (κ1) is 12.9. The molecule has 18 heavy (non-hydrogen) atoms. The number of nitrogens with one attached hydrogen (secondary N) is 2. The molecule has 0 aliphatic carbocycles. The normalized spacial score (nSPS) is 21.3. The molecule has 4 nitrogen and oxygen atoms in total. The zero-order valence-corrected chi connectivity index (χ0v) is 10.6. The third-order valence-electron chi connectivity index (χ3n) is 3.36. The van der Waals surface area contributed by atoms with Gasteiger partial charge in [0.2, 0.25) is 5.91 Å². The van der Waals surface area contributed by atoms with Gasteiger partial charge in [0.15, 0.2) is 0 Å². The number of phenolic OH excluding ortho intramolecular Hbond substituents is 1. The average Bonchev–Trinajstić information content (AvgIpc) is 2.39. The second kappa shape index (κ2) is 5.87. The summed E-state index contributed by atoms with van der Waals surface area (Å²) < 4.78 is 0. The Morgan fingerprint density at radius 1 is 1.50 bits per heavy atom. The highest BCUT2D eigenvalue weighted by Crippen LogP contribution is 2.18. The highest BCUT2D eigenvalue weighted by atomic mass is 16.3. The molecule has 3 N–H and O–H groups in total. The van der Waals surface area contributed by atoms with Crippen molar-refractivity contribution in [1.29, 1.82) is 0 Å². The molecule has 98 valence electrons. The number of carbonyl (C=O) groups excluding carboxylic acids is 1. The predicted octanol–water partition coefficient (Wildman–Crippen LogP) is 1.71. The fourth-order valence-corrected chi connectivity index (χ4v) is 2.27. The summed E-state index contributed by atoms with van der Waals surface area (Å²) in [7, 11) is 0. The van der Waals surface area contributed by atoms with Crippen molar-refractivity contribution in [3.8, 4) is 5.75 Å². The van der Waals surface area contributed by atoms with Gasteiger partial charge in [0, 0.05) is 0 Å². The Morgan fingerprint density at radius 3 is 3.00 bits per heavy atom. The van der Waals surface area contributed by atoms with Crippen molar-refractivity contribution in [1.82, 2.24) is 10.6 Å². The molecule has 1 unspecified atom stereocenters. The smallest absolute Gasteiger partial charge is 0.237 e. The Hall–Kier alpha value is -1.55. The largest absolute Gasteiger partial charge is 0.508 e. The van der Waals surface area contributed by atoms with Crippen molar-refractivity contribution in [2.24, 2.45) is 0 Å². The monoisotopic (exact) mass is 248 g/mol. The second-order valence-electron chi connectivity index (χ2n) is 4.83. The van der Waals surface area contributed by atoms with Gasteiger partial charge in [0.05, 0.1) is 12.1 Å². The van der Waals surface area contributed by atoms with E-state index < -0.39 is 0 Å². The van der Waals surface area contributed by atoms with E-state index in [4.69, 9.17) is 0 Å². The fraction of sp³-hybridized carbons (Fsp3) is 0.500. The maximum atomic E-state index is 12.0. The van der Waals surface area contributed by atoms with E-state index in [9.17, 15) is 9.90 Å². The summed E-state index contributed by atoms with van der Waals surface area (Å²) in [5.74, 6) is 0.273. The van der Waals surface area contributed by atoms with Gasteiger partial charge in [-0.3, -0.25) is 4.79 Å². The lowest BCUT2D eigenvalue weighted by Gasteiger charge is -2.24. The van der Waals surface area contributed by atoms with Crippen molar-refractivity contribution in [3.05, 3.63) is 29.8 Å². The van der Waals surface area contributed by atoms with E-state index in [2.05, 4.69) is 10.6 Å². The first-order valence-electron chi connectivity index (χ1n) is 6.49. The van der Waals surface area contributed by atoms with Crippen LogP contribution in [0.15, 0.2) is 24.3 Å². The van der Waals surface area contributed by atoms with Gasteiger partial charge in [0.25, 0.3) is 0 Å². The van der Waals surface area contributed by atoms with Gasteiger partial charge >= 0.3 is 0 Å². The van der Waals surface area contributed by atoms with Crippen LogP contribution in [-0.4, -0.2) is 23.6 Å². The van der Waals surface area contributed by atoms with E-state index in [0.717, 1.165) is 31.4 Å². The summed E-state index contributed by atoms with van der Waals surface area (Å²) >= 11 is 0. The van der Waals surface area contributed by atoms with Crippen LogP contribution in [0.1, 0.15) is 37.8 Å². The molecule has 2 atom stereocenters.